The van der Waals surface area contributed by atoms with Gasteiger partial charge in [-0.3, -0.25) is 4.57 Å². The lowest BCUT2D eigenvalue weighted by molar-refractivity contribution is 1.00. The van der Waals surface area contributed by atoms with Crippen LogP contribution in [0.2, 0.25) is 0 Å². The van der Waals surface area contributed by atoms with E-state index in [0.29, 0.717) is 55.0 Å². The molecule has 0 N–H and O–H groups in total. The van der Waals surface area contributed by atoms with E-state index in [1.165, 1.54) is 0 Å². The number of fused-ring (bicyclic) bond motifs is 3. The number of imidazole rings is 1. The monoisotopic (exact) mass is 549 g/mol. The second kappa shape index (κ2) is 9.87. The second-order valence-electron chi connectivity index (χ2n) is 9.86. The molecule has 0 unspecified atom stereocenters. The molecular weight excluding hydrogens is 508 g/mol. The largest absolute Gasteiger partial charge is 0.297 e. The van der Waals surface area contributed by atoms with E-state index < -0.39 is 67.3 Å². The lowest BCUT2D eigenvalue weighted by Gasteiger charge is -2.19. The molecule has 198 valence electrons. The van der Waals surface area contributed by atoms with Crippen LogP contribution in [0.3, 0.4) is 0 Å². The van der Waals surface area contributed by atoms with Gasteiger partial charge >= 0.3 is 0 Å². The minimum atomic E-state index is -2.50. The third kappa shape index (κ3) is 3.92. The Morgan fingerprint density at radius 3 is 1.86 bits per heavy atom. The zero-order valence-electron chi connectivity index (χ0n) is 35.1. The number of benzene rings is 7. The van der Waals surface area contributed by atoms with Crippen LogP contribution in [0.5, 0.6) is 0 Å². The first-order chi connectivity index (χ1) is 26.1. The predicted octanol–water partition coefficient (Wildman–Crippen LogP) is 10.6. The molecule has 7 aromatic carbocycles. The van der Waals surface area contributed by atoms with Crippen LogP contribution >= 0.6 is 0 Å². The quantitative estimate of drug-likeness (QED) is 0.200. The minimum absolute atomic E-state index is 0.0448. The first-order valence-corrected chi connectivity index (χ1v) is 13.3. The predicted molar refractivity (Wildman–Crippen MR) is 177 cm³/mol. The van der Waals surface area contributed by atoms with E-state index in [-0.39, 0.29) is 22.5 Å². The minimum Gasteiger partial charge on any atom is -0.297 e. The van der Waals surface area contributed by atoms with E-state index in [1.54, 1.807) is 65.2 Å². The lowest BCUT2D eigenvalue weighted by Crippen LogP contribution is -1.97. The molecule has 0 fully saturated rings. The maximum absolute atomic E-state index is 8.97. The first kappa shape index (κ1) is 14.4. The van der Waals surface area contributed by atoms with E-state index >= 15 is 0 Å². The number of aromatic nitrogens is 2. The average Bonchev–Trinajstić information content (AvgIpc) is 3.58. The Bertz CT molecular complexity index is 2860. The highest BCUT2D eigenvalue weighted by molar-refractivity contribution is 6.22. The highest BCUT2D eigenvalue weighted by Crippen LogP contribution is 2.44. The Kier molecular flexibility index (Phi) is 3.39. The van der Waals surface area contributed by atoms with Gasteiger partial charge in [0.25, 0.3) is 0 Å². The zero-order valence-corrected chi connectivity index (χ0v) is 22.1. The van der Waals surface area contributed by atoms with Gasteiger partial charge in [-0.2, -0.15) is 0 Å². The van der Waals surface area contributed by atoms with Crippen molar-refractivity contribution in [2.75, 3.05) is 0 Å². The molecule has 0 aliphatic carbocycles. The average molecular weight is 550 g/mol. The van der Waals surface area contributed by atoms with Crippen LogP contribution in [0.25, 0.3) is 71.6 Å². The normalized spacial score (nSPS) is 16.1. The third-order valence-corrected chi connectivity index (χ3v) is 7.54. The fraction of sp³-hybridized carbons (Fsp3) is 0.0250. The summed E-state index contributed by atoms with van der Waals surface area (Å²) in [5.74, 6) is -0.0829. The molecule has 2 nitrogen and oxygen atoms in total. The van der Waals surface area contributed by atoms with Crippen molar-refractivity contribution in [2.45, 2.75) is 6.85 Å². The Morgan fingerprint density at radius 2 is 1.14 bits per heavy atom. The van der Waals surface area contributed by atoms with Crippen molar-refractivity contribution in [3.63, 3.8) is 0 Å². The molecule has 42 heavy (non-hydrogen) atoms. The molecule has 0 atom stereocenters. The van der Waals surface area contributed by atoms with E-state index in [1.807, 2.05) is 30.3 Å². The Hall–Kier alpha value is -5.47. The lowest BCUT2D eigenvalue weighted by atomic mass is 9.85. The van der Waals surface area contributed by atoms with Crippen molar-refractivity contribution < 1.29 is 17.8 Å². The molecule has 0 spiro atoms. The summed E-state index contributed by atoms with van der Waals surface area (Å²) in [6.45, 7) is -2.50. The molecule has 1 heterocycles. The molecule has 0 bridgehead atoms. The number of aryl methyl sites for hydroxylation is 1. The van der Waals surface area contributed by atoms with Crippen LogP contribution in [-0.2, 0) is 0 Å². The van der Waals surface area contributed by atoms with Gasteiger partial charge in [0.05, 0.1) is 24.7 Å². The van der Waals surface area contributed by atoms with Crippen LogP contribution < -0.4 is 0 Å². The Labute approximate surface area is 263 Å². The number of rotatable bonds is 4. The molecule has 2 heteroatoms. The van der Waals surface area contributed by atoms with Crippen LogP contribution in [-0.4, -0.2) is 9.55 Å². The highest BCUT2D eigenvalue weighted by atomic mass is 15.1. The van der Waals surface area contributed by atoms with Gasteiger partial charge in [-0.15, -0.1) is 0 Å². The Balaban J connectivity index is 1.47. The number of para-hydroxylation sites is 2. The van der Waals surface area contributed by atoms with Gasteiger partial charge in [-0.25, -0.2) is 4.98 Å². The zero-order chi connectivity index (χ0) is 39.2. The van der Waals surface area contributed by atoms with Gasteiger partial charge in [-0.05, 0) is 92.1 Å². The molecular formula is C40H28N2. The summed E-state index contributed by atoms with van der Waals surface area (Å²) in [5.41, 5.74) is 3.67. The molecule has 0 aliphatic rings. The van der Waals surface area contributed by atoms with Gasteiger partial charge in [0.15, 0.2) is 0 Å². The SMILES string of the molecule is [2H]c1c([2H])c([2H])c(-c2ccc3c(-c4ccc(-n5c(C([2H])([2H])[2H])nc6ccccc65)cc4)c4ccccc4c(-c4c([2H])c([2H])c([2H])c([2H])c4[2H])c3c2)c([2H])c1[2H]. The summed E-state index contributed by atoms with van der Waals surface area (Å²) in [6.07, 6.45) is 0. The third-order valence-electron chi connectivity index (χ3n) is 7.54. The van der Waals surface area contributed by atoms with Crippen LogP contribution in [0.4, 0.5) is 0 Å². The molecule has 8 rings (SSSR count). The van der Waals surface area contributed by atoms with Crippen molar-refractivity contribution in [3.05, 3.63) is 157 Å². The second-order valence-corrected chi connectivity index (χ2v) is 9.86. The molecule has 0 saturated heterocycles. The summed E-state index contributed by atoms with van der Waals surface area (Å²) in [7, 11) is 0. The van der Waals surface area contributed by atoms with Crippen molar-refractivity contribution in [1.29, 1.82) is 0 Å². The topological polar surface area (TPSA) is 17.8 Å². The van der Waals surface area contributed by atoms with E-state index in [9.17, 15) is 0 Å². The van der Waals surface area contributed by atoms with Crippen molar-refractivity contribution in [2.24, 2.45) is 0 Å². The van der Waals surface area contributed by atoms with E-state index in [0.717, 1.165) is 0 Å². The van der Waals surface area contributed by atoms with Gasteiger partial charge in [0.2, 0.25) is 0 Å². The summed E-state index contributed by atoms with van der Waals surface area (Å²) in [6, 6.07) is 22.0. The number of nitrogens with zero attached hydrogens (tertiary/aromatic N) is 2. The van der Waals surface area contributed by atoms with E-state index in [2.05, 4.69) is 4.98 Å². The van der Waals surface area contributed by atoms with Crippen LogP contribution in [0.1, 0.15) is 23.6 Å². The molecule has 1 aromatic heterocycles. The maximum Gasteiger partial charge on any atom is 0.111 e. The summed E-state index contributed by atoms with van der Waals surface area (Å²) >= 11 is 0. The molecule has 0 amide bonds. The first-order valence-electron chi connectivity index (χ1n) is 19.8. The summed E-state index contributed by atoms with van der Waals surface area (Å²) in [4.78, 5) is 4.43. The summed E-state index contributed by atoms with van der Waals surface area (Å²) < 4.78 is 111. The maximum atomic E-state index is 8.97. The van der Waals surface area contributed by atoms with Crippen molar-refractivity contribution in [3.8, 4) is 39.1 Å². The van der Waals surface area contributed by atoms with Gasteiger partial charge in [0.1, 0.15) is 5.82 Å². The fourth-order valence-electron chi connectivity index (χ4n) is 5.75. The summed E-state index contributed by atoms with van der Waals surface area (Å²) in [5, 5.41) is 2.26. The van der Waals surface area contributed by atoms with Gasteiger partial charge in [0, 0.05) is 9.80 Å². The smallest absolute Gasteiger partial charge is 0.111 e. The molecule has 0 aliphatic heterocycles. The van der Waals surface area contributed by atoms with E-state index in [4.69, 9.17) is 17.8 Å². The van der Waals surface area contributed by atoms with Gasteiger partial charge in [-0.1, -0.05) is 121 Å². The van der Waals surface area contributed by atoms with Crippen molar-refractivity contribution in [1.82, 2.24) is 9.55 Å². The molecule has 8 aromatic rings. The van der Waals surface area contributed by atoms with Crippen LogP contribution in [0, 0.1) is 6.85 Å². The highest BCUT2D eigenvalue weighted by Gasteiger charge is 2.18. The fourth-order valence-corrected chi connectivity index (χ4v) is 5.75. The molecule has 0 saturated carbocycles. The number of hydrogen-bond acceptors (Lipinski definition) is 1. The number of hydrogen-bond donors (Lipinski definition) is 0. The Morgan fingerprint density at radius 1 is 0.548 bits per heavy atom. The van der Waals surface area contributed by atoms with Crippen molar-refractivity contribution >= 4 is 32.6 Å². The van der Waals surface area contributed by atoms with Gasteiger partial charge < -0.3 is 0 Å². The molecule has 0 radical (unpaired) electrons. The standard InChI is InChI=1S/C40H28N2/c1-27-41-37-18-10-11-19-38(37)42(27)32-23-20-30(21-24-32)39-33-16-8-9-17-34(33)40(29-14-6-3-7-15-29)36-26-31(22-25-35(36)39)28-12-4-2-5-13-28/h2-26H,1H3/i1D3,2D,3D,4D,5D,6D,7D,12D,13D,14D,15D. The van der Waals surface area contributed by atoms with Crippen LogP contribution in [0.15, 0.2) is 151 Å².